The van der Waals surface area contributed by atoms with Crippen LogP contribution in [0, 0.1) is 0 Å². The second-order valence-electron chi connectivity index (χ2n) is 13.6. The Morgan fingerprint density at radius 2 is 1.04 bits per heavy atom. The lowest BCUT2D eigenvalue weighted by Gasteiger charge is -2.18. The maximum Gasteiger partial charge on any atom is 0.469 e. The predicted molar refractivity (Wildman–Crippen MR) is 216 cm³/mol. The van der Waals surface area contributed by atoms with E-state index in [0.29, 0.717) is 6.42 Å². The number of unbranched alkanes of at least 4 members (excludes halogenated alkanes) is 16. The number of esters is 2. The van der Waals surface area contributed by atoms with Crippen LogP contribution < -0.4 is 0 Å². The first kappa shape index (κ1) is 50.4. The standard InChI is InChI=1S/C43H73O9P/c1-3-5-7-9-11-13-15-17-18-19-20-22-24-26-28-30-32-36-42(45)50-38-41(39-51-53(47,48)49)52-43(46)37-33-35-40(44)34-31-29-27-25-23-21-16-14-12-10-8-6-4-2/h12,14,17-18,21,23,27,29,31,34,41H,3-11,13,15-16,19-20,22,24-26,28,30,32-33,35-39H2,1-2H3,(H2,47,48,49)/b14-12-,18-17-,23-21-,29-27-,34-31+/t41-/m1/s1. The molecule has 0 saturated heterocycles. The first-order valence-electron chi connectivity index (χ1n) is 20.5. The minimum atomic E-state index is -4.82. The molecule has 10 heteroatoms. The van der Waals surface area contributed by atoms with E-state index in [4.69, 9.17) is 19.3 Å². The summed E-state index contributed by atoms with van der Waals surface area (Å²) in [6, 6.07) is 0. The molecule has 0 aliphatic heterocycles. The molecule has 0 radical (unpaired) electrons. The van der Waals surface area contributed by atoms with Gasteiger partial charge in [-0.3, -0.25) is 18.9 Å². The van der Waals surface area contributed by atoms with E-state index in [2.05, 4.69) is 54.8 Å². The van der Waals surface area contributed by atoms with Crippen molar-refractivity contribution < 1.29 is 42.7 Å². The SMILES string of the molecule is CCCCC/C=C\C/C=C\C/C=C\C=C\C(=O)CCCC(=O)O[C@H](COC(=O)CCCCCCCCC/C=C\CCCCCCCC)COP(=O)(O)O. The van der Waals surface area contributed by atoms with Crippen LogP contribution >= 0.6 is 7.82 Å². The van der Waals surface area contributed by atoms with Crippen molar-refractivity contribution in [3.63, 3.8) is 0 Å². The van der Waals surface area contributed by atoms with Gasteiger partial charge in [0.2, 0.25) is 0 Å². The van der Waals surface area contributed by atoms with Crippen molar-refractivity contribution >= 4 is 25.5 Å². The summed E-state index contributed by atoms with van der Waals surface area (Å²) < 4.78 is 26.2. The zero-order valence-electron chi connectivity index (χ0n) is 33.1. The highest BCUT2D eigenvalue weighted by molar-refractivity contribution is 7.46. The summed E-state index contributed by atoms with van der Waals surface area (Å²) in [7, 11) is -4.82. The molecule has 53 heavy (non-hydrogen) atoms. The third kappa shape index (κ3) is 40.4. The van der Waals surface area contributed by atoms with Crippen LogP contribution in [0.25, 0.3) is 0 Å². The van der Waals surface area contributed by atoms with Crippen molar-refractivity contribution in [1.82, 2.24) is 0 Å². The van der Waals surface area contributed by atoms with E-state index in [-0.39, 0.29) is 38.1 Å². The van der Waals surface area contributed by atoms with Gasteiger partial charge < -0.3 is 19.3 Å². The third-order valence-corrected chi connectivity index (χ3v) is 8.97. The number of hydrogen-bond donors (Lipinski definition) is 2. The number of ketones is 1. The average molecular weight is 765 g/mol. The Morgan fingerprint density at radius 1 is 0.547 bits per heavy atom. The second-order valence-corrected chi connectivity index (χ2v) is 14.9. The topological polar surface area (TPSA) is 136 Å². The summed E-state index contributed by atoms with van der Waals surface area (Å²) >= 11 is 0. The monoisotopic (exact) mass is 764 g/mol. The van der Waals surface area contributed by atoms with Crippen molar-refractivity contribution in [2.75, 3.05) is 13.2 Å². The Balaban J connectivity index is 4.14. The number of phosphoric ester groups is 1. The van der Waals surface area contributed by atoms with E-state index < -0.39 is 32.5 Å². The minimum absolute atomic E-state index is 0.0798. The van der Waals surface area contributed by atoms with Crippen molar-refractivity contribution in [2.45, 2.75) is 180 Å². The van der Waals surface area contributed by atoms with Crippen LogP contribution in [0.2, 0.25) is 0 Å². The van der Waals surface area contributed by atoms with Gasteiger partial charge in [-0.1, -0.05) is 146 Å². The molecule has 0 heterocycles. The zero-order chi connectivity index (χ0) is 39.1. The summed E-state index contributed by atoms with van der Waals surface area (Å²) in [5.41, 5.74) is 0. The van der Waals surface area contributed by atoms with Gasteiger partial charge in [0, 0.05) is 19.3 Å². The Labute approximate surface area is 322 Å². The van der Waals surface area contributed by atoms with E-state index >= 15 is 0 Å². The molecule has 0 rings (SSSR count). The van der Waals surface area contributed by atoms with Gasteiger partial charge in [-0.15, -0.1) is 0 Å². The van der Waals surface area contributed by atoms with Crippen LogP contribution in [-0.2, 0) is 32.9 Å². The quantitative estimate of drug-likeness (QED) is 0.0158. The highest BCUT2D eigenvalue weighted by Gasteiger charge is 2.23. The van der Waals surface area contributed by atoms with Gasteiger partial charge in [-0.05, 0) is 70.3 Å². The lowest BCUT2D eigenvalue weighted by molar-refractivity contribution is -0.161. The molecule has 0 aliphatic rings. The Kier molecular flexibility index (Phi) is 35.9. The normalized spacial score (nSPS) is 13.0. The average Bonchev–Trinajstić information content (AvgIpc) is 3.12. The van der Waals surface area contributed by atoms with Gasteiger partial charge in [-0.2, -0.15) is 0 Å². The molecular formula is C43H73O9P. The minimum Gasteiger partial charge on any atom is -0.462 e. The van der Waals surface area contributed by atoms with Crippen LogP contribution in [0.5, 0.6) is 0 Å². The number of allylic oxidation sites excluding steroid dienone is 10. The van der Waals surface area contributed by atoms with E-state index in [1.807, 2.05) is 12.2 Å². The lowest BCUT2D eigenvalue weighted by atomic mass is 10.1. The highest BCUT2D eigenvalue weighted by Crippen LogP contribution is 2.36. The third-order valence-electron chi connectivity index (χ3n) is 8.49. The highest BCUT2D eigenvalue weighted by atomic mass is 31.2. The number of carbonyl (C=O) groups excluding carboxylic acids is 3. The molecule has 0 aromatic heterocycles. The van der Waals surface area contributed by atoms with Gasteiger partial charge >= 0.3 is 19.8 Å². The summed E-state index contributed by atoms with van der Waals surface area (Å²) in [6.07, 6.45) is 43.7. The van der Waals surface area contributed by atoms with Gasteiger partial charge in [0.1, 0.15) is 6.61 Å². The van der Waals surface area contributed by atoms with Crippen LogP contribution in [0.4, 0.5) is 0 Å². The molecule has 0 aromatic rings. The number of ether oxygens (including phenoxy) is 2. The predicted octanol–water partition coefficient (Wildman–Crippen LogP) is 11.7. The number of phosphoric acid groups is 1. The molecule has 0 aromatic carbocycles. The van der Waals surface area contributed by atoms with Crippen molar-refractivity contribution in [3.05, 3.63) is 60.8 Å². The van der Waals surface area contributed by atoms with E-state index in [0.717, 1.165) is 44.9 Å². The molecule has 0 spiro atoms. The Hall–Kier alpha value is -2.58. The summed E-state index contributed by atoms with van der Waals surface area (Å²) in [5, 5.41) is 0. The maximum absolute atomic E-state index is 12.4. The molecule has 0 aliphatic carbocycles. The van der Waals surface area contributed by atoms with Gasteiger partial charge in [0.15, 0.2) is 11.9 Å². The maximum atomic E-state index is 12.4. The van der Waals surface area contributed by atoms with E-state index in [1.54, 1.807) is 6.08 Å². The fourth-order valence-corrected chi connectivity index (χ4v) is 5.74. The van der Waals surface area contributed by atoms with E-state index in [1.165, 1.54) is 89.5 Å². The molecule has 0 unspecified atom stereocenters. The summed E-state index contributed by atoms with van der Waals surface area (Å²) in [6.45, 7) is 3.44. The fourth-order valence-electron chi connectivity index (χ4n) is 5.38. The fraction of sp³-hybridized carbons (Fsp3) is 0.698. The Bertz CT molecular complexity index is 1100. The molecule has 2 N–H and O–H groups in total. The summed E-state index contributed by atoms with van der Waals surface area (Å²) in [5.74, 6) is -1.28. The van der Waals surface area contributed by atoms with Crippen molar-refractivity contribution in [3.8, 4) is 0 Å². The van der Waals surface area contributed by atoms with Crippen LogP contribution in [0.3, 0.4) is 0 Å². The van der Waals surface area contributed by atoms with Crippen LogP contribution in [0.1, 0.15) is 174 Å². The van der Waals surface area contributed by atoms with Gasteiger partial charge in [-0.25, -0.2) is 4.57 Å². The molecule has 1 atom stereocenters. The first-order chi connectivity index (χ1) is 25.7. The second kappa shape index (κ2) is 37.7. The number of carbonyl (C=O) groups is 3. The molecule has 0 amide bonds. The molecular weight excluding hydrogens is 691 g/mol. The smallest absolute Gasteiger partial charge is 0.462 e. The molecule has 0 fully saturated rings. The lowest BCUT2D eigenvalue weighted by Crippen LogP contribution is -2.29. The van der Waals surface area contributed by atoms with Crippen molar-refractivity contribution in [1.29, 1.82) is 0 Å². The zero-order valence-corrected chi connectivity index (χ0v) is 34.0. The molecule has 304 valence electrons. The van der Waals surface area contributed by atoms with Gasteiger partial charge in [0.05, 0.1) is 6.61 Å². The van der Waals surface area contributed by atoms with E-state index in [9.17, 15) is 18.9 Å². The Morgan fingerprint density at radius 3 is 1.66 bits per heavy atom. The van der Waals surface area contributed by atoms with Crippen molar-refractivity contribution in [2.24, 2.45) is 0 Å². The summed E-state index contributed by atoms with van der Waals surface area (Å²) in [4.78, 5) is 54.9. The molecule has 0 bridgehead atoms. The van der Waals surface area contributed by atoms with Crippen LogP contribution in [-0.4, -0.2) is 46.8 Å². The molecule has 0 saturated carbocycles. The molecule has 9 nitrogen and oxygen atoms in total. The number of rotatable bonds is 37. The number of hydrogen-bond acceptors (Lipinski definition) is 7. The largest absolute Gasteiger partial charge is 0.469 e. The van der Waals surface area contributed by atoms with Gasteiger partial charge in [0.25, 0.3) is 0 Å². The van der Waals surface area contributed by atoms with Crippen LogP contribution in [0.15, 0.2) is 60.8 Å². The first-order valence-corrected chi connectivity index (χ1v) is 22.1.